The maximum absolute atomic E-state index is 2.41. The van der Waals surface area contributed by atoms with Crippen LogP contribution in [0.2, 0.25) is 0 Å². The van der Waals surface area contributed by atoms with E-state index in [1.165, 1.54) is 31.6 Å². The maximum atomic E-state index is 2.41. The Balaban J connectivity index is 1.82. The van der Waals surface area contributed by atoms with Crippen LogP contribution in [-0.2, 0) is 0 Å². The van der Waals surface area contributed by atoms with E-state index >= 15 is 0 Å². The molecule has 3 aromatic rings. The van der Waals surface area contributed by atoms with Gasteiger partial charge in [-0.15, -0.1) is 0 Å². The number of rotatable bonds is 3. The molecule has 0 nitrogen and oxygen atoms in total. The van der Waals surface area contributed by atoms with Gasteiger partial charge in [0.2, 0.25) is 0 Å². The average Bonchev–Trinajstić information content (AvgIpc) is 2.70. The molecule has 3 heteroatoms. The van der Waals surface area contributed by atoms with Gasteiger partial charge in [-0.05, 0) is 63.6 Å². The highest BCUT2D eigenvalue weighted by Crippen LogP contribution is 2.85. The summed E-state index contributed by atoms with van der Waals surface area (Å²) in [6.45, 7) is 0. The van der Waals surface area contributed by atoms with Crippen LogP contribution in [0, 0.1) is 0 Å². The van der Waals surface area contributed by atoms with Crippen LogP contribution in [0.1, 0.15) is 19.3 Å². The van der Waals surface area contributed by atoms with Crippen LogP contribution < -0.4 is 15.9 Å². The van der Waals surface area contributed by atoms with Crippen LogP contribution >= 0.6 is 22.5 Å². The zero-order valence-corrected chi connectivity index (χ0v) is 17.7. The lowest BCUT2D eigenvalue weighted by molar-refractivity contribution is 0.782. The van der Waals surface area contributed by atoms with Crippen molar-refractivity contribution >= 4 is 38.4 Å². The zero-order chi connectivity index (χ0) is 17.6. The Kier molecular flexibility index (Phi) is 6.51. The van der Waals surface area contributed by atoms with Crippen LogP contribution in [0.4, 0.5) is 0 Å². The van der Waals surface area contributed by atoms with Crippen LogP contribution in [0.15, 0.2) is 91.0 Å². The molecule has 0 N–H and O–H groups in total. The smallest absolute Gasteiger partial charge is 0.0148 e. The van der Waals surface area contributed by atoms with E-state index in [2.05, 4.69) is 91.0 Å². The number of benzene rings is 3. The van der Waals surface area contributed by atoms with Crippen molar-refractivity contribution in [2.24, 2.45) is 0 Å². The van der Waals surface area contributed by atoms with Crippen molar-refractivity contribution in [1.82, 2.24) is 0 Å². The van der Waals surface area contributed by atoms with Crippen LogP contribution in [-0.4, -0.2) is 12.3 Å². The van der Waals surface area contributed by atoms with E-state index in [0.717, 1.165) is 0 Å². The maximum Gasteiger partial charge on any atom is -0.0148 e. The van der Waals surface area contributed by atoms with Crippen molar-refractivity contribution in [3.63, 3.8) is 0 Å². The van der Waals surface area contributed by atoms with E-state index < -0.39 is 0 Å². The molecule has 0 saturated carbocycles. The largest absolute Gasteiger partial charge is 0.0622 e. The molecule has 4 rings (SSSR count). The minimum atomic E-state index is -0.160. The molecule has 1 fully saturated rings. The third-order valence-corrected chi connectivity index (χ3v) is 20.3. The summed E-state index contributed by atoms with van der Waals surface area (Å²) in [6.07, 6.45) is 6.97. The molecule has 0 amide bonds. The molecule has 2 atom stereocenters. The second-order valence-corrected chi connectivity index (χ2v) is 17.5. The summed E-state index contributed by atoms with van der Waals surface area (Å²) in [5, 5.41) is 4.85. The molecule has 0 aromatic heterocycles. The summed E-state index contributed by atoms with van der Waals surface area (Å²) in [6, 6.07) is 34.3. The van der Waals surface area contributed by atoms with Gasteiger partial charge in [0.1, 0.15) is 0 Å². The van der Waals surface area contributed by atoms with E-state index in [4.69, 9.17) is 0 Å². The summed E-state index contributed by atoms with van der Waals surface area (Å²) >= 11 is 0. The molecule has 0 spiro atoms. The van der Waals surface area contributed by atoms with Crippen LogP contribution in [0.25, 0.3) is 0 Å². The lowest BCUT2D eigenvalue weighted by atomic mass is 10.3. The summed E-state index contributed by atoms with van der Waals surface area (Å²) in [5.74, 6) is 0. The highest BCUT2D eigenvalue weighted by atomic mass is 32.5. The molecule has 132 valence electrons. The average molecular weight is 394 g/mol. The van der Waals surface area contributed by atoms with Gasteiger partial charge < -0.3 is 0 Å². The first-order valence-corrected chi connectivity index (χ1v) is 15.2. The van der Waals surface area contributed by atoms with Gasteiger partial charge in [0, 0.05) is 0 Å². The summed E-state index contributed by atoms with van der Waals surface area (Å²) in [4.78, 5) is 0. The Morgan fingerprint density at radius 2 is 0.808 bits per heavy atom. The quantitative estimate of drug-likeness (QED) is 0.450. The van der Waals surface area contributed by atoms with Gasteiger partial charge in [0.05, 0.1) is 0 Å². The minimum absolute atomic E-state index is 0.120. The van der Waals surface area contributed by atoms with Gasteiger partial charge in [-0.1, -0.05) is 97.4 Å². The fraction of sp³-hybridized carbons (Fsp3) is 0.217. The lowest BCUT2D eigenvalue weighted by Crippen LogP contribution is -2.14. The second-order valence-electron chi connectivity index (χ2n) is 6.60. The van der Waals surface area contributed by atoms with Gasteiger partial charge in [-0.2, -0.15) is 0 Å². The van der Waals surface area contributed by atoms with E-state index in [9.17, 15) is 0 Å². The Labute approximate surface area is 161 Å². The molecular weight excluding hydrogens is 369 g/mol. The predicted molar refractivity (Wildman–Crippen MR) is 123 cm³/mol. The molecule has 0 bridgehead atoms. The second kappa shape index (κ2) is 9.24. The fourth-order valence-corrected chi connectivity index (χ4v) is 21.4. The van der Waals surface area contributed by atoms with Crippen LogP contribution in [0.3, 0.4) is 0 Å². The highest BCUT2D eigenvalue weighted by molar-refractivity contribution is 8.66. The first-order chi connectivity index (χ1) is 12.9. The highest BCUT2D eigenvalue weighted by Gasteiger charge is 2.33. The molecule has 1 heterocycles. The monoisotopic (exact) mass is 394 g/mol. The molecule has 3 aromatic carbocycles. The van der Waals surface area contributed by atoms with Crippen molar-refractivity contribution < 1.29 is 0 Å². The standard InChI is InChI=1S/C23H25P3/c1-5-13-21(14-6-1)24-19-11-4-12-20-25(22-15-7-2-8-16-22)26(24)23-17-9-3-10-18-23/h1-3,5-10,13-18H,4,11-12,19-20H2. The first-order valence-electron chi connectivity index (χ1n) is 9.44. The Morgan fingerprint density at radius 3 is 1.23 bits per heavy atom. The van der Waals surface area contributed by atoms with Gasteiger partial charge >= 0.3 is 0 Å². The molecule has 0 aliphatic carbocycles. The molecule has 26 heavy (non-hydrogen) atoms. The molecule has 1 aliphatic rings. The van der Waals surface area contributed by atoms with Gasteiger partial charge in [0.25, 0.3) is 0 Å². The summed E-state index contributed by atoms with van der Waals surface area (Å²) < 4.78 is 0. The van der Waals surface area contributed by atoms with Crippen molar-refractivity contribution in [1.29, 1.82) is 0 Å². The SMILES string of the molecule is c1ccc(P2CCCCCP(c3ccccc3)P2c2ccccc2)cc1. The number of hydrogen-bond donors (Lipinski definition) is 0. The Morgan fingerprint density at radius 1 is 0.423 bits per heavy atom. The molecule has 1 aliphatic heterocycles. The predicted octanol–water partition coefficient (Wildman–Crippen LogP) is 6.42. The Hall–Kier alpha value is -1.05. The van der Waals surface area contributed by atoms with Crippen molar-refractivity contribution in [3.05, 3.63) is 91.0 Å². The summed E-state index contributed by atoms with van der Waals surface area (Å²) in [7, 11) is -0.399. The van der Waals surface area contributed by atoms with E-state index in [1.54, 1.807) is 15.9 Å². The molecule has 1 saturated heterocycles. The molecular formula is C23H25P3. The van der Waals surface area contributed by atoms with Crippen molar-refractivity contribution in [2.75, 3.05) is 12.3 Å². The third kappa shape index (κ3) is 4.26. The van der Waals surface area contributed by atoms with Gasteiger partial charge in [0.15, 0.2) is 0 Å². The van der Waals surface area contributed by atoms with Crippen molar-refractivity contribution in [3.8, 4) is 0 Å². The number of hydrogen-bond acceptors (Lipinski definition) is 0. The van der Waals surface area contributed by atoms with E-state index in [-0.39, 0.29) is 22.5 Å². The normalized spacial score (nSPS) is 23.8. The van der Waals surface area contributed by atoms with E-state index in [0.29, 0.717) is 0 Å². The fourth-order valence-electron chi connectivity index (χ4n) is 3.54. The molecule has 0 radical (unpaired) electrons. The van der Waals surface area contributed by atoms with E-state index in [1.807, 2.05) is 0 Å². The first kappa shape index (κ1) is 18.3. The van der Waals surface area contributed by atoms with Gasteiger partial charge in [-0.25, -0.2) is 0 Å². The van der Waals surface area contributed by atoms with Crippen molar-refractivity contribution in [2.45, 2.75) is 19.3 Å². The third-order valence-electron chi connectivity index (χ3n) is 4.79. The minimum Gasteiger partial charge on any atom is -0.0622 e. The topological polar surface area (TPSA) is 0 Å². The van der Waals surface area contributed by atoms with Gasteiger partial charge in [-0.3, -0.25) is 0 Å². The summed E-state index contributed by atoms with van der Waals surface area (Å²) in [5.41, 5.74) is 0. The Bertz CT molecular complexity index is 740. The van der Waals surface area contributed by atoms with Crippen LogP contribution in [0.5, 0.6) is 0 Å². The molecule has 2 unspecified atom stereocenters. The lowest BCUT2D eigenvalue weighted by Gasteiger charge is -2.37. The zero-order valence-electron chi connectivity index (χ0n) is 15.0.